The van der Waals surface area contributed by atoms with E-state index >= 15 is 0 Å². The standard InChI is InChI=1S/C18H16N6S/c19-17-13-9-25-10-16(13)23-18-12(6-22-24(17)18)15-8-20-14(7-21-15)11-4-2-1-3-5-11/h1-8,12-13,18-19H,9-10H2. The Balaban J connectivity index is 1.45. The second-order valence-electron chi connectivity index (χ2n) is 6.31. The molecule has 1 aromatic heterocycles. The molecule has 124 valence electrons. The summed E-state index contributed by atoms with van der Waals surface area (Å²) in [4.78, 5) is 14.1. The summed E-state index contributed by atoms with van der Waals surface area (Å²) in [5, 5.41) is 14.6. The Bertz CT molecular complexity index is 876. The van der Waals surface area contributed by atoms with Crippen LogP contribution in [0.1, 0.15) is 11.6 Å². The fourth-order valence-corrected chi connectivity index (χ4v) is 4.64. The van der Waals surface area contributed by atoms with E-state index in [4.69, 9.17) is 10.4 Å². The molecule has 0 saturated carbocycles. The number of hydrogen-bond donors (Lipinski definition) is 1. The van der Waals surface area contributed by atoms with Crippen LogP contribution in [0, 0.1) is 11.3 Å². The van der Waals surface area contributed by atoms with Gasteiger partial charge in [0.15, 0.2) is 6.17 Å². The maximum atomic E-state index is 8.42. The van der Waals surface area contributed by atoms with Crippen LogP contribution in [0.5, 0.6) is 0 Å². The van der Waals surface area contributed by atoms with Crippen LogP contribution in [-0.2, 0) is 0 Å². The number of nitrogens with zero attached hydrogens (tertiary/aromatic N) is 5. The van der Waals surface area contributed by atoms with Crippen molar-refractivity contribution in [2.24, 2.45) is 16.0 Å². The van der Waals surface area contributed by atoms with Crippen LogP contribution >= 0.6 is 11.8 Å². The third kappa shape index (κ3) is 2.38. The fourth-order valence-electron chi connectivity index (χ4n) is 3.45. The van der Waals surface area contributed by atoms with Gasteiger partial charge >= 0.3 is 0 Å². The molecule has 3 unspecified atom stereocenters. The number of nitrogens with one attached hydrogen (secondary N) is 1. The summed E-state index contributed by atoms with van der Waals surface area (Å²) in [6, 6.07) is 10.0. The fraction of sp³-hybridized carbons (Fsp3) is 0.278. The normalized spacial score (nSPS) is 27.2. The summed E-state index contributed by atoms with van der Waals surface area (Å²) in [5.74, 6) is 2.49. The molecule has 25 heavy (non-hydrogen) atoms. The van der Waals surface area contributed by atoms with Gasteiger partial charge in [-0.3, -0.25) is 20.4 Å². The number of amidine groups is 1. The summed E-state index contributed by atoms with van der Waals surface area (Å²) in [7, 11) is 0. The minimum Gasteiger partial charge on any atom is -0.286 e. The molecule has 1 saturated heterocycles. The SMILES string of the molecule is N=C1C2CSCC2=NC2C(c3cnc(-c4ccccc4)cn3)C=NN12. The summed E-state index contributed by atoms with van der Waals surface area (Å²) >= 11 is 1.84. The molecule has 7 heteroatoms. The van der Waals surface area contributed by atoms with Crippen LogP contribution in [0.4, 0.5) is 0 Å². The minimum absolute atomic E-state index is 0.0586. The van der Waals surface area contributed by atoms with E-state index in [0.717, 1.165) is 34.2 Å². The van der Waals surface area contributed by atoms with Gasteiger partial charge in [0, 0.05) is 35.2 Å². The molecule has 1 aromatic carbocycles. The zero-order valence-electron chi connectivity index (χ0n) is 13.4. The lowest BCUT2D eigenvalue weighted by Gasteiger charge is -2.32. The van der Waals surface area contributed by atoms with Gasteiger partial charge in [0.25, 0.3) is 0 Å². The second-order valence-corrected chi connectivity index (χ2v) is 7.34. The van der Waals surface area contributed by atoms with E-state index in [1.165, 1.54) is 0 Å². The average molecular weight is 348 g/mol. The summed E-state index contributed by atoms with van der Waals surface area (Å²) in [6.07, 6.45) is 5.27. The molecule has 4 heterocycles. The number of rotatable bonds is 2. The van der Waals surface area contributed by atoms with E-state index < -0.39 is 0 Å². The van der Waals surface area contributed by atoms with E-state index in [1.54, 1.807) is 11.2 Å². The lowest BCUT2D eigenvalue weighted by Crippen LogP contribution is -2.45. The largest absolute Gasteiger partial charge is 0.286 e. The van der Waals surface area contributed by atoms with Crippen LogP contribution in [0.25, 0.3) is 11.3 Å². The number of hydrazone groups is 1. The molecular formula is C18H16N6S. The molecule has 3 aliphatic rings. The first-order valence-electron chi connectivity index (χ1n) is 8.25. The Morgan fingerprint density at radius 1 is 1.12 bits per heavy atom. The molecule has 6 nitrogen and oxygen atoms in total. The van der Waals surface area contributed by atoms with Gasteiger partial charge in [-0.25, -0.2) is 5.01 Å². The van der Waals surface area contributed by atoms with Gasteiger partial charge in [0.1, 0.15) is 5.84 Å². The van der Waals surface area contributed by atoms with Gasteiger partial charge in [-0.15, -0.1) is 0 Å². The van der Waals surface area contributed by atoms with Gasteiger partial charge in [-0.05, 0) is 0 Å². The summed E-state index contributed by atoms with van der Waals surface area (Å²) in [5.41, 5.74) is 3.87. The van der Waals surface area contributed by atoms with Gasteiger partial charge < -0.3 is 0 Å². The van der Waals surface area contributed by atoms with E-state index in [9.17, 15) is 0 Å². The van der Waals surface area contributed by atoms with Crippen molar-refractivity contribution in [3.05, 3.63) is 48.4 Å². The lowest BCUT2D eigenvalue weighted by atomic mass is 9.98. The molecule has 0 radical (unpaired) electrons. The molecule has 2 aromatic rings. The van der Waals surface area contributed by atoms with Crippen LogP contribution < -0.4 is 0 Å². The highest BCUT2D eigenvalue weighted by molar-refractivity contribution is 8.00. The Hall–Kier alpha value is -2.54. The molecule has 3 aliphatic heterocycles. The first-order valence-corrected chi connectivity index (χ1v) is 9.40. The quantitative estimate of drug-likeness (QED) is 0.905. The van der Waals surface area contributed by atoms with Crippen LogP contribution in [-0.4, -0.2) is 50.4 Å². The number of aromatic nitrogens is 2. The van der Waals surface area contributed by atoms with E-state index in [1.807, 2.05) is 54.5 Å². The third-order valence-corrected chi connectivity index (χ3v) is 5.89. The number of thioether (sulfide) groups is 1. The maximum Gasteiger partial charge on any atom is 0.156 e. The first-order chi connectivity index (χ1) is 12.3. The van der Waals surface area contributed by atoms with Crippen molar-refractivity contribution in [2.45, 2.75) is 12.1 Å². The highest BCUT2D eigenvalue weighted by atomic mass is 32.2. The molecule has 1 N–H and O–H groups in total. The topological polar surface area (TPSA) is 77.6 Å². The van der Waals surface area contributed by atoms with Crippen LogP contribution in [0.15, 0.2) is 52.8 Å². The van der Waals surface area contributed by atoms with Crippen molar-refractivity contribution >= 4 is 29.5 Å². The Labute approximate surface area is 149 Å². The van der Waals surface area contributed by atoms with E-state index in [2.05, 4.69) is 15.1 Å². The van der Waals surface area contributed by atoms with Gasteiger partial charge in [-0.1, -0.05) is 30.3 Å². The van der Waals surface area contributed by atoms with Crippen molar-refractivity contribution in [3.63, 3.8) is 0 Å². The molecule has 0 aliphatic carbocycles. The second kappa shape index (κ2) is 5.77. The number of benzene rings is 1. The van der Waals surface area contributed by atoms with Crippen molar-refractivity contribution in [2.75, 3.05) is 11.5 Å². The zero-order chi connectivity index (χ0) is 16.8. The molecule has 0 spiro atoms. The number of fused-ring (bicyclic) bond motifs is 2. The summed E-state index contributed by atoms with van der Waals surface area (Å²) in [6.45, 7) is 0. The predicted molar refractivity (Wildman–Crippen MR) is 100 cm³/mol. The lowest BCUT2D eigenvalue weighted by molar-refractivity contribution is 0.327. The number of hydrogen-bond acceptors (Lipinski definition) is 6. The van der Waals surface area contributed by atoms with Crippen molar-refractivity contribution in [1.29, 1.82) is 5.41 Å². The van der Waals surface area contributed by atoms with Crippen molar-refractivity contribution < 1.29 is 0 Å². The molecule has 1 fully saturated rings. The molecule has 0 bridgehead atoms. The third-order valence-electron chi connectivity index (χ3n) is 4.82. The highest BCUT2D eigenvalue weighted by Crippen LogP contribution is 2.36. The molecular weight excluding hydrogens is 332 g/mol. The minimum atomic E-state index is -0.186. The van der Waals surface area contributed by atoms with E-state index in [-0.39, 0.29) is 18.0 Å². The van der Waals surface area contributed by atoms with Gasteiger partial charge in [-0.2, -0.15) is 16.9 Å². The zero-order valence-corrected chi connectivity index (χ0v) is 14.2. The van der Waals surface area contributed by atoms with E-state index in [0.29, 0.717) is 5.84 Å². The van der Waals surface area contributed by atoms with Crippen LogP contribution in [0.3, 0.4) is 0 Å². The predicted octanol–water partition coefficient (Wildman–Crippen LogP) is 2.65. The smallest absolute Gasteiger partial charge is 0.156 e. The maximum absolute atomic E-state index is 8.42. The van der Waals surface area contributed by atoms with Gasteiger partial charge in [0.2, 0.25) is 0 Å². The highest BCUT2D eigenvalue weighted by Gasteiger charge is 2.44. The molecule has 0 amide bonds. The molecule has 5 rings (SSSR count). The summed E-state index contributed by atoms with van der Waals surface area (Å²) < 4.78 is 0. The monoisotopic (exact) mass is 348 g/mol. The first kappa shape index (κ1) is 14.8. The Morgan fingerprint density at radius 3 is 2.80 bits per heavy atom. The molecule has 3 atom stereocenters. The Morgan fingerprint density at radius 2 is 2.00 bits per heavy atom. The van der Waals surface area contributed by atoms with Crippen molar-refractivity contribution in [1.82, 2.24) is 15.0 Å². The average Bonchev–Trinajstić information content (AvgIpc) is 3.30. The number of aliphatic imine (C=N–C) groups is 1. The van der Waals surface area contributed by atoms with Crippen LogP contribution in [0.2, 0.25) is 0 Å². The van der Waals surface area contributed by atoms with Gasteiger partial charge in [0.05, 0.1) is 29.4 Å². The Kier molecular flexibility index (Phi) is 3.41. The van der Waals surface area contributed by atoms with Crippen molar-refractivity contribution in [3.8, 4) is 11.3 Å².